The van der Waals surface area contributed by atoms with E-state index in [1.54, 1.807) is 38.4 Å². The molecule has 1 heterocycles. The van der Waals surface area contributed by atoms with Crippen LogP contribution in [0, 0.1) is 6.92 Å². The maximum absolute atomic E-state index is 13.8. The highest BCUT2D eigenvalue weighted by Gasteiger charge is 2.40. The van der Waals surface area contributed by atoms with Crippen molar-refractivity contribution in [3.05, 3.63) is 71.5 Å². The van der Waals surface area contributed by atoms with Crippen molar-refractivity contribution in [2.75, 3.05) is 19.4 Å². The van der Waals surface area contributed by atoms with Crippen molar-refractivity contribution in [2.45, 2.75) is 18.0 Å². The number of carbonyl (C=O) groups is 2. The van der Waals surface area contributed by atoms with Gasteiger partial charge < -0.3 is 10.2 Å². The Hall–Kier alpha value is -3.27. The molecular weight excluding hydrogens is 429 g/mol. The molecule has 2 amide bonds. The number of nitrogens with one attached hydrogen (secondary N) is 1. The number of anilines is 1. The molecular formula is C21H19F3N4O2S. The third kappa shape index (κ3) is 5.26. The van der Waals surface area contributed by atoms with Crippen LogP contribution in [0.1, 0.15) is 21.6 Å². The summed E-state index contributed by atoms with van der Waals surface area (Å²) in [6, 6.07) is 12.6. The van der Waals surface area contributed by atoms with Crippen molar-refractivity contribution in [1.82, 2.24) is 14.7 Å². The van der Waals surface area contributed by atoms with E-state index in [4.69, 9.17) is 0 Å². The van der Waals surface area contributed by atoms with Crippen LogP contribution in [0.15, 0.2) is 59.6 Å². The molecule has 0 saturated heterocycles. The number of benzene rings is 2. The van der Waals surface area contributed by atoms with Crippen molar-refractivity contribution >= 4 is 28.6 Å². The zero-order chi connectivity index (χ0) is 22.8. The van der Waals surface area contributed by atoms with Gasteiger partial charge in [-0.2, -0.15) is 18.3 Å². The molecule has 1 aromatic heterocycles. The number of carbonyl (C=O) groups excluding carboxylic acids is 2. The van der Waals surface area contributed by atoms with Crippen LogP contribution in [-0.2, 0) is 6.18 Å². The number of aromatic nitrogens is 2. The van der Waals surface area contributed by atoms with Gasteiger partial charge in [-0.15, -0.1) is 0 Å². The van der Waals surface area contributed by atoms with Gasteiger partial charge >= 0.3 is 6.18 Å². The third-order valence-electron chi connectivity index (χ3n) is 4.24. The normalized spacial score (nSPS) is 11.3. The van der Waals surface area contributed by atoms with E-state index in [2.05, 4.69) is 10.4 Å². The first-order chi connectivity index (χ1) is 14.6. The van der Waals surface area contributed by atoms with Crippen LogP contribution < -0.4 is 5.32 Å². The lowest BCUT2D eigenvalue weighted by atomic mass is 10.2. The Morgan fingerprint density at radius 3 is 2.19 bits per heavy atom. The van der Waals surface area contributed by atoms with Gasteiger partial charge in [0.25, 0.3) is 11.1 Å². The summed E-state index contributed by atoms with van der Waals surface area (Å²) in [6.07, 6.45) is -3.89. The van der Waals surface area contributed by atoms with Crippen LogP contribution in [0.25, 0.3) is 5.69 Å². The second-order valence-corrected chi connectivity index (χ2v) is 7.92. The fourth-order valence-corrected chi connectivity index (χ4v) is 3.32. The number of thioether (sulfide) groups is 1. The molecule has 3 rings (SSSR count). The van der Waals surface area contributed by atoms with Crippen molar-refractivity contribution in [3.8, 4) is 5.69 Å². The van der Waals surface area contributed by atoms with E-state index in [0.717, 1.165) is 23.5 Å². The lowest BCUT2D eigenvalue weighted by Crippen LogP contribution is -2.20. The summed E-state index contributed by atoms with van der Waals surface area (Å²) in [6.45, 7) is 1.82. The highest BCUT2D eigenvalue weighted by molar-refractivity contribution is 8.13. The largest absolute Gasteiger partial charge is 0.434 e. The molecule has 0 spiro atoms. The fourth-order valence-electron chi connectivity index (χ4n) is 2.67. The van der Waals surface area contributed by atoms with Crippen molar-refractivity contribution < 1.29 is 22.8 Å². The molecule has 2 aromatic carbocycles. The molecule has 0 unspecified atom stereocenters. The maximum atomic E-state index is 13.8. The van der Waals surface area contributed by atoms with Gasteiger partial charge in [0.2, 0.25) is 0 Å². The highest BCUT2D eigenvalue weighted by atomic mass is 32.2. The molecule has 0 aliphatic heterocycles. The Bertz CT molecular complexity index is 1090. The molecule has 0 fully saturated rings. The van der Waals surface area contributed by atoms with Crippen molar-refractivity contribution in [1.29, 1.82) is 0 Å². The van der Waals surface area contributed by atoms with Gasteiger partial charge in [-0.25, -0.2) is 4.68 Å². The first kappa shape index (κ1) is 22.4. The molecule has 0 atom stereocenters. The minimum absolute atomic E-state index is 0.171. The standard InChI is InChI=1S/C21H19F3N4O2S/c1-13-4-8-15(9-5-13)28-18(21(22,23)24)17(12-25-28)19(29)26-14-6-10-16(11-7-14)31-20(30)27(2)3/h4-12H,1-3H3,(H,26,29). The second kappa shape index (κ2) is 8.84. The summed E-state index contributed by atoms with van der Waals surface area (Å²) >= 11 is 0.996. The molecule has 10 heteroatoms. The van der Waals surface area contributed by atoms with Crippen molar-refractivity contribution in [2.24, 2.45) is 0 Å². The Kier molecular flexibility index (Phi) is 6.40. The summed E-state index contributed by atoms with van der Waals surface area (Å²) in [5, 5.41) is 6.08. The van der Waals surface area contributed by atoms with E-state index in [1.165, 1.54) is 29.2 Å². The summed E-state index contributed by atoms with van der Waals surface area (Å²) in [4.78, 5) is 26.4. The number of halogens is 3. The monoisotopic (exact) mass is 448 g/mol. The first-order valence-corrected chi connectivity index (χ1v) is 9.90. The van der Waals surface area contributed by atoms with Crippen LogP contribution in [0.5, 0.6) is 0 Å². The molecule has 31 heavy (non-hydrogen) atoms. The number of alkyl halides is 3. The Morgan fingerprint density at radius 2 is 1.65 bits per heavy atom. The van der Waals surface area contributed by atoms with E-state index >= 15 is 0 Å². The van der Waals surface area contributed by atoms with Gasteiger partial charge in [-0.1, -0.05) is 17.7 Å². The predicted molar refractivity (Wildman–Crippen MR) is 113 cm³/mol. The minimum atomic E-state index is -4.79. The smallest absolute Gasteiger partial charge is 0.339 e. The average molecular weight is 448 g/mol. The number of hydrogen-bond donors (Lipinski definition) is 1. The maximum Gasteiger partial charge on any atom is 0.434 e. The Morgan fingerprint density at radius 1 is 1.03 bits per heavy atom. The summed E-state index contributed by atoms with van der Waals surface area (Å²) < 4.78 is 42.0. The zero-order valence-electron chi connectivity index (χ0n) is 16.9. The molecule has 0 aliphatic carbocycles. The Balaban J connectivity index is 1.85. The van der Waals surface area contributed by atoms with Gasteiger partial charge in [0, 0.05) is 24.7 Å². The minimum Gasteiger partial charge on any atom is -0.339 e. The molecule has 0 saturated carbocycles. The molecule has 162 valence electrons. The van der Waals surface area contributed by atoms with Gasteiger partial charge in [0.05, 0.1) is 17.4 Å². The molecule has 6 nitrogen and oxygen atoms in total. The van der Waals surface area contributed by atoms with E-state index in [-0.39, 0.29) is 10.9 Å². The number of amides is 2. The van der Waals surface area contributed by atoms with Crippen molar-refractivity contribution in [3.63, 3.8) is 0 Å². The van der Waals surface area contributed by atoms with Crippen LogP contribution in [0.3, 0.4) is 0 Å². The number of hydrogen-bond acceptors (Lipinski definition) is 4. The second-order valence-electron chi connectivity index (χ2n) is 6.89. The quantitative estimate of drug-likeness (QED) is 0.556. The summed E-state index contributed by atoms with van der Waals surface area (Å²) in [5.74, 6) is -0.935. The zero-order valence-corrected chi connectivity index (χ0v) is 17.7. The van der Waals surface area contributed by atoms with Gasteiger partial charge in [0.15, 0.2) is 5.69 Å². The molecule has 1 N–H and O–H groups in total. The van der Waals surface area contributed by atoms with E-state index < -0.39 is 23.3 Å². The third-order valence-corrected chi connectivity index (χ3v) is 5.29. The predicted octanol–water partition coefficient (Wildman–Crippen LogP) is 5.23. The van der Waals surface area contributed by atoms with E-state index in [0.29, 0.717) is 15.3 Å². The molecule has 3 aromatic rings. The van der Waals surface area contributed by atoms with E-state index in [1.807, 2.05) is 6.92 Å². The van der Waals surface area contributed by atoms with Gasteiger partial charge in [-0.05, 0) is 55.1 Å². The van der Waals surface area contributed by atoms with Gasteiger partial charge in [-0.3, -0.25) is 9.59 Å². The molecule has 0 aliphatic rings. The van der Waals surface area contributed by atoms with Crippen LogP contribution >= 0.6 is 11.8 Å². The number of aryl methyl sites for hydroxylation is 1. The SMILES string of the molecule is Cc1ccc(-n2ncc(C(=O)Nc3ccc(SC(=O)N(C)C)cc3)c2C(F)(F)F)cc1. The Labute approximate surface area is 181 Å². The lowest BCUT2D eigenvalue weighted by Gasteiger charge is -2.13. The fraction of sp³-hybridized carbons (Fsp3) is 0.190. The van der Waals surface area contributed by atoms with Gasteiger partial charge in [0.1, 0.15) is 0 Å². The van der Waals surface area contributed by atoms with Crippen LogP contribution in [0.2, 0.25) is 0 Å². The number of rotatable bonds is 4. The average Bonchev–Trinajstić information content (AvgIpc) is 3.16. The summed E-state index contributed by atoms with van der Waals surface area (Å²) in [5.41, 5.74) is -0.366. The van der Waals surface area contributed by atoms with Crippen LogP contribution in [0.4, 0.5) is 23.7 Å². The lowest BCUT2D eigenvalue weighted by molar-refractivity contribution is -0.143. The first-order valence-electron chi connectivity index (χ1n) is 9.09. The molecule has 0 radical (unpaired) electrons. The summed E-state index contributed by atoms with van der Waals surface area (Å²) in [7, 11) is 3.25. The molecule has 0 bridgehead atoms. The van der Waals surface area contributed by atoms with E-state index in [9.17, 15) is 22.8 Å². The van der Waals surface area contributed by atoms with Crippen LogP contribution in [-0.4, -0.2) is 39.9 Å². The topological polar surface area (TPSA) is 67.2 Å². The number of nitrogens with zero attached hydrogens (tertiary/aromatic N) is 3. The highest BCUT2D eigenvalue weighted by Crippen LogP contribution is 2.34.